The van der Waals surface area contributed by atoms with Gasteiger partial charge < -0.3 is 4.74 Å². The summed E-state index contributed by atoms with van der Waals surface area (Å²) in [5, 5.41) is 0. The number of amides is 2. The molecule has 0 aromatic heterocycles. The Bertz CT molecular complexity index is 840. The molecule has 0 saturated heterocycles. The highest BCUT2D eigenvalue weighted by Crippen LogP contribution is 2.27. The van der Waals surface area contributed by atoms with Crippen LogP contribution in [-0.2, 0) is 14.3 Å². The van der Waals surface area contributed by atoms with Gasteiger partial charge in [0.1, 0.15) is 6.61 Å². The van der Waals surface area contributed by atoms with Crippen molar-refractivity contribution in [1.82, 2.24) is 4.90 Å². The maximum absolute atomic E-state index is 12.6. The van der Waals surface area contributed by atoms with Crippen LogP contribution in [-0.4, -0.2) is 41.6 Å². The molecule has 1 aliphatic heterocycles. The number of esters is 1. The molecule has 6 heteroatoms. The lowest BCUT2D eigenvalue weighted by molar-refractivity contribution is -0.149. The van der Waals surface area contributed by atoms with Crippen molar-refractivity contribution in [3.63, 3.8) is 0 Å². The normalized spacial score (nSPS) is 14.1. The number of ketones is 1. The topological polar surface area (TPSA) is 80.8 Å². The van der Waals surface area contributed by atoms with Gasteiger partial charge in [-0.25, -0.2) is 0 Å². The second-order valence-electron chi connectivity index (χ2n) is 6.04. The van der Waals surface area contributed by atoms with E-state index in [1.165, 1.54) is 6.92 Å². The molecule has 0 radical (unpaired) electrons. The zero-order chi connectivity index (χ0) is 18.7. The lowest BCUT2D eigenvalue weighted by Gasteiger charge is -2.21. The molecule has 0 spiro atoms. The number of Topliss-reactive ketones (excluding diaryl/α,β-unsaturated/α-hetero) is 1. The summed E-state index contributed by atoms with van der Waals surface area (Å²) >= 11 is 0. The highest BCUT2D eigenvalue weighted by atomic mass is 16.5. The van der Waals surface area contributed by atoms with Crippen molar-refractivity contribution in [2.45, 2.75) is 12.8 Å². The number of ether oxygens (including phenoxy) is 1. The maximum Gasteiger partial charge on any atom is 0.315 e. The molecule has 6 nitrogen and oxygen atoms in total. The lowest BCUT2D eigenvalue weighted by atomic mass is 9.98. The molecule has 0 fully saturated rings. The first kappa shape index (κ1) is 17.5. The summed E-state index contributed by atoms with van der Waals surface area (Å²) < 4.78 is 5.04. The van der Waals surface area contributed by atoms with E-state index in [2.05, 4.69) is 0 Å². The first-order valence-electron chi connectivity index (χ1n) is 8.15. The molecule has 0 N–H and O–H groups in total. The first-order valence-corrected chi connectivity index (χ1v) is 8.15. The summed E-state index contributed by atoms with van der Waals surface area (Å²) in [6.07, 6.45) is 0. The van der Waals surface area contributed by atoms with Crippen LogP contribution in [0.5, 0.6) is 0 Å². The monoisotopic (exact) mass is 351 g/mol. The van der Waals surface area contributed by atoms with Crippen molar-refractivity contribution in [3.8, 4) is 0 Å². The Balaban J connectivity index is 1.87. The Morgan fingerprint density at radius 2 is 1.46 bits per heavy atom. The Kier molecular flexibility index (Phi) is 4.93. The van der Waals surface area contributed by atoms with Crippen molar-refractivity contribution in [1.29, 1.82) is 0 Å². The van der Waals surface area contributed by atoms with E-state index in [1.54, 1.807) is 54.6 Å². The molecule has 26 heavy (non-hydrogen) atoms. The van der Waals surface area contributed by atoms with Crippen LogP contribution in [0.4, 0.5) is 0 Å². The third kappa shape index (κ3) is 3.39. The molecule has 1 atom stereocenters. The Hall–Kier alpha value is -3.28. The zero-order valence-electron chi connectivity index (χ0n) is 14.2. The van der Waals surface area contributed by atoms with Crippen LogP contribution in [0.15, 0.2) is 54.6 Å². The van der Waals surface area contributed by atoms with Gasteiger partial charge in [0, 0.05) is 6.54 Å². The van der Waals surface area contributed by atoms with E-state index in [9.17, 15) is 19.2 Å². The van der Waals surface area contributed by atoms with Crippen LogP contribution in [0.2, 0.25) is 0 Å². The summed E-state index contributed by atoms with van der Waals surface area (Å²) in [6, 6.07) is 15.3. The molecule has 2 amide bonds. The summed E-state index contributed by atoms with van der Waals surface area (Å²) in [5.74, 6) is -2.68. The highest BCUT2D eigenvalue weighted by molar-refractivity contribution is 6.21. The number of fused-ring (bicyclic) bond motifs is 1. The molecule has 1 unspecified atom stereocenters. The average molecular weight is 351 g/mol. The minimum atomic E-state index is -0.863. The quantitative estimate of drug-likeness (QED) is 0.589. The predicted molar refractivity (Wildman–Crippen MR) is 92.6 cm³/mol. The first-order chi connectivity index (χ1) is 12.5. The minimum absolute atomic E-state index is 0.146. The molecule has 132 valence electrons. The summed E-state index contributed by atoms with van der Waals surface area (Å²) in [6.45, 7) is 0.826. The summed E-state index contributed by atoms with van der Waals surface area (Å²) in [7, 11) is 0. The van der Waals surface area contributed by atoms with Crippen LogP contribution < -0.4 is 0 Å². The van der Waals surface area contributed by atoms with E-state index in [1.807, 2.05) is 0 Å². The Morgan fingerprint density at radius 3 is 2.00 bits per heavy atom. The van der Waals surface area contributed by atoms with Crippen LogP contribution in [0.1, 0.15) is 39.1 Å². The molecule has 1 aliphatic rings. The summed E-state index contributed by atoms with van der Waals surface area (Å²) in [4.78, 5) is 49.8. The van der Waals surface area contributed by atoms with Gasteiger partial charge in [0.15, 0.2) is 5.78 Å². The molecule has 0 saturated carbocycles. The van der Waals surface area contributed by atoms with Gasteiger partial charge in [0.25, 0.3) is 11.8 Å². The van der Waals surface area contributed by atoms with Crippen LogP contribution in [0, 0.1) is 0 Å². The Morgan fingerprint density at radius 1 is 0.923 bits per heavy atom. The van der Waals surface area contributed by atoms with E-state index in [0.29, 0.717) is 16.7 Å². The largest absolute Gasteiger partial charge is 0.457 e. The number of imide groups is 1. The molecule has 0 aliphatic carbocycles. The number of carbonyl (C=O) groups is 4. The number of carbonyl (C=O) groups excluding carboxylic acids is 4. The third-order valence-electron chi connectivity index (χ3n) is 4.15. The van der Waals surface area contributed by atoms with E-state index < -0.39 is 23.7 Å². The lowest BCUT2D eigenvalue weighted by Crippen LogP contribution is -2.37. The smallest absolute Gasteiger partial charge is 0.315 e. The Labute approximate surface area is 150 Å². The van der Waals surface area contributed by atoms with Gasteiger partial charge in [-0.15, -0.1) is 0 Å². The van der Waals surface area contributed by atoms with Crippen molar-refractivity contribution < 1.29 is 23.9 Å². The average Bonchev–Trinajstić information content (AvgIpc) is 2.89. The third-order valence-corrected chi connectivity index (χ3v) is 4.15. The zero-order valence-corrected chi connectivity index (χ0v) is 14.2. The fraction of sp³-hybridized carbons (Fsp3) is 0.200. The van der Waals surface area contributed by atoms with Gasteiger partial charge in [-0.3, -0.25) is 24.1 Å². The van der Waals surface area contributed by atoms with E-state index in [4.69, 9.17) is 4.74 Å². The van der Waals surface area contributed by atoms with Gasteiger partial charge in [-0.2, -0.15) is 0 Å². The minimum Gasteiger partial charge on any atom is -0.457 e. The number of rotatable bonds is 6. The van der Waals surface area contributed by atoms with Crippen molar-refractivity contribution in [2.75, 3.05) is 13.2 Å². The van der Waals surface area contributed by atoms with Crippen molar-refractivity contribution in [3.05, 3.63) is 71.3 Å². The molecule has 2 aromatic carbocycles. The highest BCUT2D eigenvalue weighted by Gasteiger charge is 2.38. The molecule has 3 rings (SSSR count). The number of hydrogen-bond acceptors (Lipinski definition) is 5. The van der Waals surface area contributed by atoms with E-state index >= 15 is 0 Å². The van der Waals surface area contributed by atoms with Gasteiger partial charge in [0.2, 0.25) is 0 Å². The maximum atomic E-state index is 12.6. The van der Waals surface area contributed by atoms with Gasteiger partial charge >= 0.3 is 5.97 Å². The summed E-state index contributed by atoms with van der Waals surface area (Å²) in [5.41, 5.74) is 1.25. The molecular weight excluding hydrogens is 334 g/mol. The number of nitrogens with zero attached hydrogens (tertiary/aromatic N) is 1. The van der Waals surface area contributed by atoms with Crippen LogP contribution in [0.3, 0.4) is 0 Å². The second kappa shape index (κ2) is 7.31. The van der Waals surface area contributed by atoms with Gasteiger partial charge in [-0.1, -0.05) is 42.5 Å². The SMILES string of the molecule is CC(=O)COC(=O)C(CN1C(=O)c2ccccc2C1=O)c1ccccc1. The molecule has 1 heterocycles. The molecule has 0 bridgehead atoms. The number of benzene rings is 2. The van der Waals surface area contributed by atoms with Crippen LogP contribution >= 0.6 is 0 Å². The van der Waals surface area contributed by atoms with E-state index in [-0.39, 0.29) is 18.9 Å². The molecule has 2 aromatic rings. The predicted octanol–water partition coefficient (Wildman–Crippen LogP) is 2.20. The van der Waals surface area contributed by atoms with E-state index in [0.717, 1.165) is 4.90 Å². The van der Waals surface area contributed by atoms with Gasteiger partial charge in [-0.05, 0) is 24.6 Å². The van der Waals surface area contributed by atoms with Crippen LogP contribution in [0.25, 0.3) is 0 Å². The standard InChI is InChI=1S/C20H17NO5/c1-13(22)12-26-20(25)17(14-7-3-2-4-8-14)11-21-18(23)15-9-5-6-10-16(15)19(21)24/h2-10,17H,11-12H2,1H3. The fourth-order valence-electron chi connectivity index (χ4n) is 2.86. The molecular formula is C20H17NO5. The van der Waals surface area contributed by atoms with Crippen molar-refractivity contribution in [2.24, 2.45) is 0 Å². The second-order valence-corrected chi connectivity index (χ2v) is 6.04. The number of hydrogen-bond donors (Lipinski definition) is 0. The fourth-order valence-corrected chi connectivity index (χ4v) is 2.86. The van der Waals surface area contributed by atoms with Crippen molar-refractivity contribution >= 4 is 23.6 Å². The van der Waals surface area contributed by atoms with Gasteiger partial charge in [0.05, 0.1) is 17.0 Å².